The van der Waals surface area contributed by atoms with Crippen LogP contribution in [-0.2, 0) is 6.61 Å². The van der Waals surface area contributed by atoms with Crippen molar-refractivity contribution in [3.05, 3.63) is 63.2 Å². The van der Waals surface area contributed by atoms with Gasteiger partial charge in [0.15, 0.2) is 0 Å². The molecule has 20 heavy (non-hydrogen) atoms. The molecule has 104 valence electrons. The minimum Gasteiger partial charge on any atom is -0.489 e. The highest BCUT2D eigenvalue weighted by Crippen LogP contribution is 2.24. The summed E-state index contributed by atoms with van der Waals surface area (Å²) in [5.74, 6) is 0.617. The number of hydrogen-bond acceptors (Lipinski definition) is 4. The molecule has 6 heteroatoms. The number of nitro benzene ring substituents is 1. The van der Waals surface area contributed by atoms with E-state index >= 15 is 0 Å². The number of rotatable bonds is 5. The van der Waals surface area contributed by atoms with Crippen LogP contribution < -0.4 is 10.1 Å². The molecule has 0 spiro atoms. The Morgan fingerprint density at radius 3 is 2.75 bits per heavy atom. The molecule has 0 heterocycles. The summed E-state index contributed by atoms with van der Waals surface area (Å²) in [5, 5.41) is 14.4. The summed E-state index contributed by atoms with van der Waals surface area (Å²) < 4.78 is 5.60. The number of nitrogens with zero attached hydrogens (tertiary/aromatic N) is 1. The average molecular weight is 293 g/mol. The normalized spacial score (nSPS) is 10.1. The predicted molar refractivity (Wildman–Crippen MR) is 78.4 cm³/mol. The topological polar surface area (TPSA) is 64.4 Å². The lowest BCUT2D eigenvalue weighted by molar-refractivity contribution is -0.384. The van der Waals surface area contributed by atoms with Gasteiger partial charge in [0.25, 0.3) is 5.69 Å². The average Bonchev–Trinajstić information content (AvgIpc) is 2.44. The van der Waals surface area contributed by atoms with E-state index < -0.39 is 4.92 Å². The highest BCUT2D eigenvalue weighted by Gasteiger charge is 2.10. The first-order valence-electron chi connectivity index (χ1n) is 5.93. The number of halogens is 1. The van der Waals surface area contributed by atoms with Gasteiger partial charge in [-0.25, -0.2) is 0 Å². The van der Waals surface area contributed by atoms with E-state index in [2.05, 4.69) is 5.32 Å². The van der Waals surface area contributed by atoms with Gasteiger partial charge in [-0.1, -0.05) is 17.7 Å². The van der Waals surface area contributed by atoms with Crippen molar-refractivity contribution in [2.24, 2.45) is 0 Å². The molecule has 0 atom stereocenters. The van der Waals surface area contributed by atoms with Crippen LogP contribution in [0.1, 0.15) is 5.56 Å². The van der Waals surface area contributed by atoms with E-state index in [0.717, 1.165) is 5.69 Å². The molecule has 0 amide bonds. The van der Waals surface area contributed by atoms with Crippen LogP contribution in [0, 0.1) is 10.1 Å². The maximum Gasteiger partial charge on any atom is 0.269 e. The summed E-state index contributed by atoms with van der Waals surface area (Å²) in [4.78, 5) is 10.4. The van der Waals surface area contributed by atoms with E-state index in [1.165, 1.54) is 12.1 Å². The van der Waals surface area contributed by atoms with Gasteiger partial charge in [-0.15, -0.1) is 0 Å². The quantitative estimate of drug-likeness (QED) is 0.671. The van der Waals surface area contributed by atoms with Gasteiger partial charge in [-0.3, -0.25) is 10.1 Å². The lowest BCUT2D eigenvalue weighted by Gasteiger charge is -2.11. The summed E-state index contributed by atoms with van der Waals surface area (Å²) in [5.41, 5.74) is 1.54. The van der Waals surface area contributed by atoms with E-state index in [-0.39, 0.29) is 12.3 Å². The first-order chi connectivity index (χ1) is 9.60. The van der Waals surface area contributed by atoms with Crippen LogP contribution in [0.4, 0.5) is 11.4 Å². The van der Waals surface area contributed by atoms with Crippen LogP contribution in [0.2, 0.25) is 5.02 Å². The number of benzene rings is 2. The lowest BCUT2D eigenvalue weighted by atomic mass is 10.1. The molecule has 2 aromatic rings. The number of ether oxygens (including phenoxy) is 1. The van der Waals surface area contributed by atoms with Crippen molar-refractivity contribution in [3.63, 3.8) is 0 Å². The van der Waals surface area contributed by atoms with Crippen LogP contribution >= 0.6 is 11.6 Å². The molecular formula is C14H13ClN2O3. The Labute approximate surface area is 121 Å². The molecule has 0 aliphatic rings. The van der Waals surface area contributed by atoms with Gasteiger partial charge in [0.1, 0.15) is 12.4 Å². The number of nitrogens with one attached hydrogen (secondary N) is 1. The van der Waals surface area contributed by atoms with Gasteiger partial charge in [-0.2, -0.15) is 0 Å². The first kappa shape index (κ1) is 14.1. The molecule has 0 aromatic heterocycles. The standard InChI is InChI=1S/C14H13ClN2O3/c1-16-14-6-5-12(17(18)19)7-10(14)9-20-13-4-2-3-11(15)8-13/h2-8,16H,9H2,1H3. The third-order valence-corrected chi connectivity index (χ3v) is 2.99. The third-order valence-electron chi connectivity index (χ3n) is 2.76. The van der Waals surface area contributed by atoms with E-state index in [4.69, 9.17) is 16.3 Å². The molecule has 0 fully saturated rings. The molecule has 2 rings (SSSR count). The minimum atomic E-state index is -0.428. The highest BCUT2D eigenvalue weighted by atomic mass is 35.5. The maximum absolute atomic E-state index is 10.8. The lowest BCUT2D eigenvalue weighted by Crippen LogP contribution is -2.02. The molecule has 0 saturated heterocycles. The molecule has 0 aliphatic heterocycles. The molecule has 5 nitrogen and oxygen atoms in total. The summed E-state index contributed by atoms with van der Waals surface area (Å²) in [6.07, 6.45) is 0. The molecule has 0 saturated carbocycles. The highest BCUT2D eigenvalue weighted by molar-refractivity contribution is 6.30. The molecule has 0 radical (unpaired) electrons. The van der Waals surface area contributed by atoms with Crippen molar-refractivity contribution < 1.29 is 9.66 Å². The van der Waals surface area contributed by atoms with Crippen molar-refractivity contribution in [2.75, 3.05) is 12.4 Å². The SMILES string of the molecule is CNc1ccc([N+](=O)[O-])cc1COc1cccc(Cl)c1. The van der Waals surface area contributed by atoms with Crippen molar-refractivity contribution in [3.8, 4) is 5.75 Å². The molecular weight excluding hydrogens is 280 g/mol. The summed E-state index contributed by atoms with van der Waals surface area (Å²) >= 11 is 5.87. The Morgan fingerprint density at radius 1 is 1.30 bits per heavy atom. The van der Waals surface area contributed by atoms with Crippen LogP contribution in [0.5, 0.6) is 5.75 Å². The van der Waals surface area contributed by atoms with Gasteiger partial charge in [-0.05, 0) is 24.3 Å². The summed E-state index contributed by atoms with van der Waals surface area (Å²) in [7, 11) is 1.75. The Morgan fingerprint density at radius 2 is 2.10 bits per heavy atom. The van der Waals surface area contributed by atoms with Crippen LogP contribution in [0.3, 0.4) is 0 Å². The fourth-order valence-electron chi connectivity index (χ4n) is 1.77. The fraction of sp³-hybridized carbons (Fsp3) is 0.143. The molecule has 0 aliphatic carbocycles. The van der Waals surface area contributed by atoms with Crippen molar-refractivity contribution in [2.45, 2.75) is 6.61 Å². The molecule has 2 aromatic carbocycles. The van der Waals surface area contributed by atoms with Gasteiger partial charge < -0.3 is 10.1 Å². The first-order valence-corrected chi connectivity index (χ1v) is 6.31. The zero-order valence-corrected chi connectivity index (χ0v) is 11.6. The van der Waals surface area contributed by atoms with Crippen LogP contribution in [-0.4, -0.2) is 12.0 Å². The van der Waals surface area contributed by atoms with Gasteiger partial charge in [0, 0.05) is 35.5 Å². The number of non-ortho nitro benzene ring substituents is 1. The zero-order chi connectivity index (χ0) is 14.5. The molecule has 0 bridgehead atoms. The van der Waals surface area contributed by atoms with Crippen LogP contribution in [0.15, 0.2) is 42.5 Å². The van der Waals surface area contributed by atoms with Crippen molar-refractivity contribution >= 4 is 23.0 Å². The number of hydrogen-bond donors (Lipinski definition) is 1. The Hall–Kier alpha value is -2.27. The second-order valence-electron chi connectivity index (χ2n) is 4.09. The number of nitro groups is 1. The number of anilines is 1. The second kappa shape index (κ2) is 6.25. The largest absolute Gasteiger partial charge is 0.489 e. The predicted octanol–water partition coefficient (Wildman–Crippen LogP) is 3.87. The van der Waals surface area contributed by atoms with Gasteiger partial charge >= 0.3 is 0 Å². The van der Waals surface area contributed by atoms with Gasteiger partial charge in [0.05, 0.1) is 4.92 Å². The van der Waals surface area contributed by atoms with E-state index in [9.17, 15) is 10.1 Å². The summed E-state index contributed by atoms with van der Waals surface area (Å²) in [6, 6.07) is 11.6. The minimum absolute atomic E-state index is 0.0358. The third kappa shape index (κ3) is 3.39. The second-order valence-corrected chi connectivity index (χ2v) is 4.53. The van der Waals surface area contributed by atoms with E-state index in [0.29, 0.717) is 16.3 Å². The van der Waals surface area contributed by atoms with Crippen molar-refractivity contribution in [1.82, 2.24) is 0 Å². The Balaban J connectivity index is 2.19. The summed E-state index contributed by atoms with van der Waals surface area (Å²) in [6.45, 7) is 0.220. The van der Waals surface area contributed by atoms with Crippen LogP contribution in [0.25, 0.3) is 0 Å². The molecule has 0 unspecified atom stereocenters. The maximum atomic E-state index is 10.8. The zero-order valence-electron chi connectivity index (χ0n) is 10.8. The molecule has 1 N–H and O–H groups in total. The van der Waals surface area contributed by atoms with E-state index in [1.807, 2.05) is 0 Å². The monoisotopic (exact) mass is 292 g/mol. The Bertz CT molecular complexity index is 632. The Kier molecular flexibility index (Phi) is 4.42. The fourth-order valence-corrected chi connectivity index (χ4v) is 1.96. The van der Waals surface area contributed by atoms with Crippen molar-refractivity contribution in [1.29, 1.82) is 0 Å². The van der Waals surface area contributed by atoms with E-state index in [1.54, 1.807) is 37.4 Å². The smallest absolute Gasteiger partial charge is 0.269 e. The van der Waals surface area contributed by atoms with Gasteiger partial charge in [0.2, 0.25) is 0 Å².